The molecule has 176 valence electrons. The van der Waals surface area contributed by atoms with Crippen molar-refractivity contribution < 1.29 is 17.6 Å². The Hall–Kier alpha value is -2.72. The molecule has 10 heteroatoms. The molecule has 0 radical (unpaired) electrons. The highest BCUT2D eigenvalue weighted by molar-refractivity contribution is 5.88. The summed E-state index contributed by atoms with van der Waals surface area (Å²) in [6.45, 7) is 6.07. The molecule has 2 aliphatic heterocycles. The highest BCUT2D eigenvalue weighted by Crippen LogP contribution is 2.35. The van der Waals surface area contributed by atoms with Crippen molar-refractivity contribution in [3.8, 4) is 11.4 Å². The van der Waals surface area contributed by atoms with Crippen LogP contribution in [0.5, 0.6) is 0 Å². The SMILES string of the molecule is CN1CCN(C2CCN(c3nccc4[nH]c(-c5ccc(F)c(C(F)(F)F)c5)nc34)CC2)CC1. The van der Waals surface area contributed by atoms with E-state index in [1.165, 1.54) is 6.07 Å². The van der Waals surface area contributed by atoms with Crippen LogP contribution in [0.25, 0.3) is 22.4 Å². The molecule has 0 spiro atoms. The highest BCUT2D eigenvalue weighted by atomic mass is 19.4. The largest absolute Gasteiger partial charge is 0.419 e. The second-order valence-corrected chi connectivity index (χ2v) is 8.87. The number of H-pyrrole nitrogens is 1. The number of piperazine rings is 1. The standard InChI is InChI=1S/C23H26F4N6/c1-31-10-12-32(13-11-31)16-5-8-33(9-6-16)22-20-19(4-7-28-22)29-21(30-20)15-2-3-18(24)17(14-15)23(25,26)27/h2-4,7,14,16H,5-6,8-13H2,1H3,(H,29,30). The van der Waals surface area contributed by atoms with Crippen molar-refractivity contribution in [2.24, 2.45) is 0 Å². The fraction of sp³-hybridized carbons (Fsp3) is 0.478. The number of rotatable bonds is 3. The predicted molar refractivity (Wildman–Crippen MR) is 119 cm³/mol. The lowest BCUT2D eigenvalue weighted by Gasteiger charge is -2.42. The molecular weight excluding hydrogens is 436 g/mol. The van der Waals surface area contributed by atoms with Crippen molar-refractivity contribution in [3.63, 3.8) is 0 Å². The second kappa shape index (κ2) is 8.57. The number of aromatic amines is 1. The fourth-order valence-corrected chi connectivity index (χ4v) is 4.81. The number of hydrogen-bond acceptors (Lipinski definition) is 5. The summed E-state index contributed by atoms with van der Waals surface area (Å²) in [4.78, 5) is 19.3. The first-order valence-corrected chi connectivity index (χ1v) is 11.2. The van der Waals surface area contributed by atoms with E-state index in [1.54, 1.807) is 12.3 Å². The van der Waals surface area contributed by atoms with E-state index >= 15 is 0 Å². The normalized spacial score (nSPS) is 19.5. The van der Waals surface area contributed by atoms with Crippen molar-refractivity contribution in [2.45, 2.75) is 25.1 Å². The fourth-order valence-electron chi connectivity index (χ4n) is 4.81. The molecule has 6 nitrogen and oxygen atoms in total. The Bertz CT molecular complexity index is 1130. The van der Waals surface area contributed by atoms with E-state index in [-0.39, 0.29) is 11.4 Å². The monoisotopic (exact) mass is 462 g/mol. The minimum Gasteiger partial charge on any atom is -0.355 e. The topological polar surface area (TPSA) is 51.3 Å². The van der Waals surface area contributed by atoms with Crippen molar-refractivity contribution in [1.82, 2.24) is 24.8 Å². The van der Waals surface area contributed by atoms with Crippen LogP contribution < -0.4 is 4.90 Å². The highest BCUT2D eigenvalue weighted by Gasteiger charge is 2.34. The van der Waals surface area contributed by atoms with E-state index in [0.717, 1.165) is 70.1 Å². The molecular formula is C23H26F4N6. The summed E-state index contributed by atoms with van der Waals surface area (Å²) in [5, 5.41) is 0. The van der Waals surface area contributed by atoms with Crippen LogP contribution in [-0.4, -0.2) is 77.1 Å². The van der Waals surface area contributed by atoms with Gasteiger partial charge in [0.05, 0.1) is 11.1 Å². The van der Waals surface area contributed by atoms with Crippen LogP contribution in [-0.2, 0) is 6.18 Å². The van der Waals surface area contributed by atoms with Crippen LogP contribution in [0.1, 0.15) is 18.4 Å². The molecule has 0 aliphatic carbocycles. The number of likely N-dealkylation sites (N-methyl/N-ethyl adjacent to an activating group) is 1. The van der Waals surface area contributed by atoms with Gasteiger partial charge in [-0.2, -0.15) is 13.2 Å². The van der Waals surface area contributed by atoms with Crippen LogP contribution in [0.15, 0.2) is 30.5 Å². The number of benzene rings is 1. The van der Waals surface area contributed by atoms with E-state index in [4.69, 9.17) is 0 Å². The Morgan fingerprint density at radius 1 is 1.00 bits per heavy atom. The third-order valence-electron chi connectivity index (χ3n) is 6.75. The smallest absolute Gasteiger partial charge is 0.355 e. The molecule has 4 heterocycles. The predicted octanol–water partition coefficient (Wildman–Crippen LogP) is 4.00. The van der Waals surface area contributed by atoms with E-state index in [1.807, 2.05) is 0 Å². The molecule has 1 N–H and O–H groups in total. The van der Waals surface area contributed by atoms with Gasteiger partial charge in [0, 0.05) is 57.1 Å². The van der Waals surface area contributed by atoms with Gasteiger partial charge in [-0.25, -0.2) is 14.4 Å². The van der Waals surface area contributed by atoms with E-state index < -0.39 is 17.6 Å². The van der Waals surface area contributed by atoms with Gasteiger partial charge in [0.2, 0.25) is 0 Å². The lowest BCUT2D eigenvalue weighted by Crippen LogP contribution is -2.52. The number of pyridine rings is 1. The van der Waals surface area contributed by atoms with Gasteiger partial charge in [0.25, 0.3) is 0 Å². The average Bonchev–Trinajstić information content (AvgIpc) is 3.24. The average molecular weight is 462 g/mol. The quantitative estimate of drug-likeness (QED) is 0.597. The molecule has 1 aromatic carbocycles. The van der Waals surface area contributed by atoms with Gasteiger partial charge in [-0.05, 0) is 44.2 Å². The van der Waals surface area contributed by atoms with Crippen LogP contribution >= 0.6 is 0 Å². The summed E-state index contributed by atoms with van der Waals surface area (Å²) in [7, 11) is 2.15. The lowest BCUT2D eigenvalue weighted by atomic mass is 10.0. The molecule has 2 aliphatic rings. The summed E-state index contributed by atoms with van der Waals surface area (Å²) in [5.74, 6) is -0.310. The number of alkyl halides is 3. The molecule has 2 aromatic heterocycles. The molecule has 3 aromatic rings. The number of nitrogens with one attached hydrogen (secondary N) is 1. The molecule has 0 unspecified atom stereocenters. The van der Waals surface area contributed by atoms with Crippen molar-refractivity contribution in [2.75, 3.05) is 51.2 Å². The first-order valence-electron chi connectivity index (χ1n) is 11.2. The Balaban J connectivity index is 1.37. The molecule has 2 fully saturated rings. The summed E-state index contributed by atoms with van der Waals surface area (Å²) in [6, 6.07) is 5.23. The van der Waals surface area contributed by atoms with Crippen LogP contribution in [0, 0.1) is 5.82 Å². The Kier molecular flexibility index (Phi) is 5.74. The van der Waals surface area contributed by atoms with E-state index in [2.05, 4.69) is 36.7 Å². The van der Waals surface area contributed by atoms with Crippen LogP contribution in [0.4, 0.5) is 23.4 Å². The summed E-state index contributed by atoms with van der Waals surface area (Å²) < 4.78 is 53.1. The zero-order valence-electron chi connectivity index (χ0n) is 18.4. The Morgan fingerprint density at radius 3 is 2.42 bits per heavy atom. The van der Waals surface area contributed by atoms with Gasteiger partial charge in [-0.1, -0.05) is 0 Å². The Morgan fingerprint density at radius 2 is 1.73 bits per heavy atom. The number of nitrogens with zero attached hydrogens (tertiary/aromatic N) is 5. The van der Waals surface area contributed by atoms with Gasteiger partial charge < -0.3 is 14.8 Å². The van der Waals surface area contributed by atoms with Crippen LogP contribution in [0.3, 0.4) is 0 Å². The van der Waals surface area contributed by atoms with Crippen molar-refractivity contribution in [3.05, 3.63) is 41.8 Å². The van der Waals surface area contributed by atoms with Crippen LogP contribution in [0.2, 0.25) is 0 Å². The van der Waals surface area contributed by atoms with E-state index in [9.17, 15) is 17.6 Å². The molecule has 2 saturated heterocycles. The maximum absolute atomic E-state index is 13.7. The van der Waals surface area contributed by atoms with Crippen molar-refractivity contribution in [1.29, 1.82) is 0 Å². The third kappa shape index (κ3) is 4.41. The number of imidazole rings is 1. The third-order valence-corrected chi connectivity index (χ3v) is 6.75. The first-order chi connectivity index (χ1) is 15.8. The maximum Gasteiger partial charge on any atom is 0.419 e. The Labute approximate surface area is 189 Å². The minimum atomic E-state index is -4.77. The van der Waals surface area contributed by atoms with Gasteiger partial charge in [-0.3, -0.25) is 4.90 Å². The number of aromatic nitrogens is 3. The zero-order valence-corrected chi connectivity index (χ0v) is 18.4. The molecule has 33 heavy (non-hydrogen) atoms. The first kappa shape index (κ1) is 22.1. The summed E-state index contributed by atoms with van der Waals surface area (Å²) >= 11 is 0. The minimum absolute atomic E-state index is 0.180. The zero-order chi connectivity index (χ0) is 23.2. The van der Waals surface area contributed by atoms with Gasteiger partial charge in [0.15, 0.2) is 5.82 Å². The summed E-state index contributed by atoms with van der Waals surface area (Å²) in [6.07, 6.45) is -1.02. The van der Waals surface area contributed by atoms with Gasteiger partial charge >= 0.3 is 6.18 Å². The number of piperidine rings is 1. The number of halogens is 4. The van der Waals surface area contributed by atoms with Gasteiger partial charge in [-0.15, -0.1) is 0 Å². The van der Waals surface area contributed by atoms with E-state index in [0.29, 0.717) is 17.1 Å². The molecule has 5 rings (SSSR count). The molecule has 0 saturated carbocycles. The van der Waals surface area contributed by atoms with Gasteiger partial charge in [0.1, 0.15) is 17.2 Å². The van der Waals surface area contributed by atoms with Crippen molar-refractivity contribution >= 4 is 16.9 Å². The number of hydrogen-bond donors (Lipinski definition) is 1. The molecule has 0 amide bonds. The molecule has 0 bridgehead atoms. The number of anilines is 1. The number of fused-ring (bicyclic) bond motifs is 1. The maximum atomic E-state index is 13.7. The summed E-state index contributed by atoms with van der Waals surface area (Å²) in [5.41, 5.74) is 0.182. The molecule has 0 atom stereocenters. The lowest BCUT2D eigenvalue weighted by molar-refractivity contribution is -0.139. The second-order valence-electron chi connectivity index (χ2n) is 8.87.